The molecule has 0 aliphatic rings. The number of aromatic amines is 1. The van der Waals surface area contributed by atoms with E-state index >= 15 is 0 Å². The van der Waals surface area contributed by atoms with Gasteiger partial charge in [-0.15, -0.1) is 0 Å². The van der Waals surface area contributed by atoms with Crippen LogP contribution >= 0.6 is 0 Å². The van der Waals surface area contributed by atoms with Crippen molar-refractivity contribution < 1.29 is 0 Å². The van der Waals surface area contributed by atoms with Crippen molar-refractivity contribution in [2.45, 2.75) is 0 Å². The van der Waals surface area contributed by atoms with Gasteiger partial charge in [0.25, 0.3) is 0 Å². The maximum absolute atomic E-state index is 8.83. The molecule has 0 fully saturated rings. The van der Waals surface area contributed by atoms with Gasteiger partial charge in [-0.05, 0) is 12.1 Å². The van der Waals surface area contributed by atoms with Crippen LogP contribution in [-0.2, 0) is 0 Å². The largest absolute Gasteiger partial charge is 0.298 e. The number of rotatable bonds is 0. The van der Waals surface area contributed by atoms with Gasteiger partial charge in [-0.25, -0.2) is 9.50 Å². The first-order valence-corrected chi connectivity index (χ1v) is 4.25. The molecule has 0 saturated heterocycles. The van der Waals surface area contributed by atoms with E-state index in [9.17, 15) is 0 Å². The fraction of sp³-hybridized carbons (Fsp3) is 0. The van der Waals surface area contributed by atoms with Gasteiger partial charge in [0.1, 0.15) is 11.6 Å². The number of para-hydroxylation sites is 2. The quantitative estimate of drug-likeness (QED) is 0.575. The summed E-state index contributed by atoms with van der Waals surface area (Å²) in [5.41, 5.74) is 3.15. The van der Waals surface area contributed by atoms with E-state index in [2.05, 4.69) is 16.2 Å². The molecule has 0 aliphatic heterocycles. The molecule has 1 aromatic carbocycles. The first-order valence-electron chi connectivity index (χ1n) is 4.25. The summed E-state index contributed by atoms with van der Waals surface area (Å²) in [6.07, 6.45) is 1.66. The number of nitrogens with zero attached hydrogens (tertiary/aromatic N) is 3. The van der Waals surface area contributed by atoms with E-state index in [-0.39, 0.29) is 0 Å². The van der Waals surface area contributed by atoms with E-state index in [4.69, 9.17) is 5.26 Å². The van der Waals surface area contributed by atoms with Crippen molar-refractivity contribution >= 4 is 16.7 Å². The molecule has 2 aromatic heterocycles. The highest BCUT2D eigenvalue weighted by Gasteiger charge is 2.08. The van der Waals surface area contributed by atoms with Gasteiger partial charge in [-0.1, -0.05) is 12.1 Å². The fourth-order valence-electron chi connectivity index (χ4n) is 1.61. The maximum Gasteiger partial charge on any atom is 0.172 e. The second-order valence-corrected chi connectivity index (χ2v) is 3.06. The van der Waals surface area contributed by atoms with E-state index in [1.165, 1.54) is 0 Å². The standard InChI is InChI=1S/C10H6N4/c11-5-7-6-12-14-9-4-2-1-3-8(9)13-10(7)14/h1-4,6,12H. The average Bonchev–Trinajstić information content (AvgIpc) is 2.75. The van der Waals surface area contributed by atoms with Crippen molar-refractivity contribution in [1.29, 1.82) is 5.26 Å². The summed E-state index contributed by atoms with van der Waals surface area (Å²) < 4.78 is 1.81. The van der Waals surface area contributed by atoms with Crippen LogP contribution in [0, 0.1) is 11.3 Å². The van der Waals surface area contributed by atoms with Gasteiger partial charge < -0.3 is 0 Å². The van der Waals surface area contributed by atoms with E-state index in [0.717, 1.165) is 11.0 Å². The fourth-order valence-corrected chi connectivity index (χ4v) is 1.61. The molecule has 0 atom stereocenters. The summed E-state index contributed by atoms with van der Waals surface area (Å²) in [5, 5.41) is 11.8. The Morgan fingerprint density at radius 1 is 1.36 bits per heavy atom. The van der Waals surface area contributed by atoms with Crippen molar-refractivity contribution in [2.75, 3.05) is 0 Å². The molecule has 0 bridgehead atoms. The predicted octanol–water partition coefficient (Wildman–Crippen LogP) is 1.69. The molecule has 0 amide bonds. The van der Waals surface area contributed by atoms with Gasteiger partial charge >= 0.3 is 0 Å². The molecule has 3 rings (SSSR count). The Labute approximate surface area is 79.4 Å². The second kappa shape index (κ2) is 2.36. The molecule has 14 heavy (non-hydrogen) atoms. The molecule has 4 heteroatoms. The van der Waals surface area contributed by atoms with Crippen LogP contribution in [-0.4, -0.2) is 14.6 Å². The van der Waals surface area contributed by atoms with Crippen LogP contribution in [0.25, 0.3) is 16.7 Å². The molecule has 2 heterocycles. The molecular weight excluding hydrogens is 176 g/mol. The zero-order valence-electron chi connectivity index (χ0n) is 7.23. The highest BCUT2D eigenvalue weighted by molar-refractivity contribution is 5.81. The highest BCUT2D eigenvalue weighted by Crippen LogP contribution is 2.17. The topological polar surface area (TPSA) is 56.9 Å². The summed E-state index contributed by atoms with van der Waals surface area (Å²) in [5.74, 6) is 0. The summed E-state index contributed by atoms with van der Waals surface area (Å²) in [6, 6.07) is 9.87. The average molecular weight is 182 g/mol. The lowest BCUT2D eigenvalue weighted by atomic mass is 10.3. The van der Waals surface area contributed by atoms with Crippen molar-refractivity contribution in [3.05, 3.63) is 36.0 Å². The molecule has 1 N–H and O–H groups in total. The Bertz CT molecular complexity index is 653. The van der Waals surface area contributed by atoms with Crippen LogP contribution in [0.5, 0.6) is 0 Å². The van der Waals surface area contributed by atoms with Crippen LogP contribution in [0.1, 0.15) is 5.56 Å². The van der Waals surface area contributed by atoms with Crippen molar-refractivity contribution in [1.82, 2.24) is 14.6 Å². The number of nitriles is 1. The Hall–Kier alpha value is -2.28. The van der Waals surface area contributed by atoms with Crippen LogP contribution in [0.15, 0.2) is 30.5 Å². The molecule has 4 nitrogen and oxygen atoms in total. The normalized spacial score (nSPS) is 10.8. The lowest BCUT2D eigenvalue weighted by Gasteiger charge is -1.87. The van der Waals surface area contributed by atoms with Gasteiger partial charge in [-0.2, -0.15) is 5.26 Å². The van der Waals surface area contributed by atoms with Gasteiger partial charge in [0.2, 0.25) is 0 Å². The maximum atomic E-state index is 8.83. The number of fused-ring (bicyclic) bond motifs is 3. The predicted molar refractivity (Wildman–Crippen MR) is 51.8 cm³/mol. The van der Waals surface area contributed by atoms with Crippen LogP contribution in [0.2, 0.25) is 0 Å². The first kappa shape index (κ1) is 7.15. The van der Waals surface area contributed by atoms with E-state index in [1.54, 1.807) is 6.20 Å². The molecule has 0 saturated carbocycles. The first-order chi connectivity index (χ1) is 6.90. The summed E-state index contributed by atoms with van der Waals surface area (Å²) in [7, 11) is 0. The number of H-pyrrole nitrogens is 1. The molecule has 66 valence electrons. The van der Waals surface area contributed by atoms with Crippen LogP contribution < -0.4 is 0 Å². The summed E-state index contributed by atoms with van der Waals surface area (Å²) in [6.45, 7) is 0. The minimum Gasteiger partial charge on any atom is -0.298 e. The van der Waals surface area contributed by atoms with Gasteiger partial charge in [0.15, 0.2) is 5.65 Å². The Balaban J connectivity index is 2.59. The van der Waals surface area contributed by atoms with Crippen molar-refractivity contribution in [2.24, 2.45) is 0 Å². The molecule has 3 aromatic rings. The van der Waals surface area contributed by atoms with Gasteiger partial charge in [0, 0.05) is 6.20 Å². The number of hydrogen-bond acceptors (Lipinski definition) is 2. The minimum absolute atomic E-state index is 0.571. The summed E-state index contributed by atoms with van der Waals surface area (Å²) >= 11 is 0. The zero-order chi connectivity index (χ0) is 9.54. The zero-order valence-corrected chi connectivity index (χ0v) is 7.23. The third-order valence-corrected chi connectivity index (χ3v) is 2.26. The van der Waals surface area contributed by atoms with Gasteiger partial charge in [0.05, 0.1) is 11.0 Å². The highest BCUT2D eigenvalue weighted by atomic mass is 15.3. The SMILES string of the molecule is N#Cc1c[nH]n2c1nc1ccccc12. The molecule has 0 unspecified atom stereocenters. The Morgan fingerprint density at radius 3 is 3.07 bits per heavy atom. The molecule has 0 radical (unpaired) electrons. The minimum atomic E-state index is 0.571. The Kier molecular flexibility index (Phi) is 1.21. The lowest BCUT2D eigenvalue weighted by Crippen LogP contribution is -1.80. The van der Waals surface area contributed by atoms with E-state index in [0.29, 0.717) is 11.2 Å². The molecular formula is C10H6N4. The van der Waals surface area contributed by atoms with Gasteiger partial charge in [-0.3, -0.25) is 5.10 Å². The van der Waals surface area contributed by atoms with E-state index in [1.807, 2.05) is 28.8 Å². The molecule has 0 spiro atoms. The van der Waals surface area contributed by atoms with Crippen LogP contribution in [0.3, 0.4) is 0 Å². The number of imidazole rings is 1. The van der Waals surface area contributed by atoms with Crippen molar-refractivity contribution in [3.8, 4) is 6.07 Å². The number of aromatic nitrogens is 3. The third-order valence-electron chi connectivity index (χ3n) is 2.26. The van der Waals surface area contributed by atoms with Crippen LogP contribution in [0.4, 0.5) is 0 Å². The number of hydrogen-bond donors (Lipinski definition) is 1. The third kappa shape index (κ3) is 0.735. The number of nitrogens with one attached hydrogen (secondary N) is 1. The second-order valence-electron chi connectivity index (χ2n) is 3.06. The summed E-state index contributed by atoms with van der Waals surface area (Å²) in [4.78, 5) is 4.36. The Morgan fingerprint density at radius 2 is 2.21 bits per heavy atom. The monoisotopic (exact) mass is 182 g/mol. The molecule has 0 aliphatic carbocycles. The smallest absolute Gasteiger partial charge is 0.172 e. The number of benzene rings is 1. The lowest BCUT2D eigenvalue weighted by molar-refractivity contribution is 1.01. The van der Waals surface area contributed by atoms with E-state index < -0.39 is 0 Å². The van der Waals surface area contributed by atoms with Crippen molar-refractivity contribution in [3.63, 3.8) is 0 Å².